The van der Waals surface area contributed by atoms with Crippen molar-refractivity contribution in [1.82, 2.24) is 5.32 Å². The number of methoxy groups -OCH3 is 3. The second kappa shape index (κ2) is 12.0. The number of nitrogens with one attached hydrogen (secondary N) is 1. The molecule has 0 bridgehead atoms. The van der Waals surface area contributed by atoms with Crippen molar-refractivity contribution in [2.24, 2.45) is 0 Å². The maximum Gasteiger partial charge on any atom is 0.336 e. The van der Waals surface area contributed by atoms with Crippen LogP contribution in [0.25, 0.3) is 0 Å². The molecule has 0 saturated heterocycles. The van der Waals surface area contributed by atoms with Gasteiger partial charge in [-0.05, 0) is 56.3 Å². The molecule has 2 atom stereocenters. The molecule has 0 amide bonds. The predicted molar refractivity (Wildman–Crippen MR) is 145 cm³/mol. The molecule has 0 spiro atoms. The SMILES string of the molecule is COc1cc([C@@H]2C(C(=O)OCCOC(C)C)=C(C)NC3=C2C(=O)C[C@H](c2cccs2)C3)cc(OC)c1OC. The van der Waals surface area contributed by atoms with Gasteiger partial charge >= 0.3 is 5.97 Å². The summed E-state index contributed by atoms with van der Waals surface area (Å²) >= 11 is 1.65. The number of allylic oxidation sites excluding steroid dienone is 3. The molecular weight excluding hydrogens is 506 g/mol. The van der Waals surface area contributed by atoms with Gasteiger partial charge in [-0.15, -0.1) is 11.3 Å². The highest BCUT2D eigenvalue weighted by atomic mass is 32.1. The van der Waals surface area contributed by atoms with Crippen LogP contribution in [0.5, 0.6) is 17.2 Å². The number of benzene rings is 1. The molecule has 1 aliphatic heterocycles. The van der Waals surface area contributed by atoms with Gasteiger partial charge in [0, 0.05) is 40.1 Å². The lowest BCUT2D eigenvalue weighted by Gasteiger charge is -2.36. The highest BCUT2D eigenvalue weighted by Crippen LogP contribution is 2.49. The minimum atomic E-state index is -0.657. The van der Waals surface area contributed by atoms with Crippen LogP contribution in [-0.4, -0.2) is 52.4 Å². The van der Waals surface area contributed by atoms with Crippen LogP contribution in [-0.2, 0) is 19.1 Å². The van der Waals surface area contributed by atoms with Crippen molar-refractivity contribution in [2.75, 3.05) is 34.5 Å². The van der Waals surface area contributed by atoms with Crippen LogP contribution in [0.4, 0.5) is 0 Å². The molecule has 2 heterocycles. The number of thiophene rings is 1. The summed E-state index contributed by atoms with van der Waals surface area (Å²) in [5, 5.41) is 5.41. The summed E-state index contributed by atoms with van der Waals surface area (Å²) in [6.07, 6.45) is 1.07. The summed E-state index contributed by atoms with van der Waals surface area (Å²) in [5.41, 5.74) is 3.11. The van der Waals surface area contributed by atoms with Gasteiger partial charge in [0.2, 0.25) is 5.75 Å². The first-order valence-electron chi connectivity index (χ1n) is 12.6. The minimum Gasteiger partial charge on any atom is -0.493 e. The summed E-state index contributed by atoms with van der Waals surface area (Å²) in [6.45, 7) is 6.08. The second-order valence-corrected chi connectivity index (χ2v) is 10.5. The van der Waals surface area contributed by atoms with E-state index in [2.05, 4.69) is 11.4 Å². The molecule has 1 aromatic heterocycles. The van der Waals surface area contributed by atoms with E-state index in [9.17, 15) is 9.59 Å². The van der Waals surface area contributed by atoms with Crippen LogP contribution < -0.4 is 19.5 Å². The van der Waals surface area contributed by atoms with E-state index in [1.54, 1.807) is 23.5 Å². The fraction of sp³-hybridized carbons (Fsp3) is 0.448. The molecule has 204 valence electrons. The molecule has 0 unspecified atom stereocenters. The molecule has 2 aromatic rings. The van der Waals surface area contributed by atoms with Crippen LogP contribution in [0.15, 0.2) is 52.2 Å². The Morgan fingerprint density at radius 1 is 1.08 bits per heavy atom. The molecule has 1 N–H and O–H groups in total. The van der Waals surface area contributed by atoms with Gasteiger partial charge < -0.3 is 29.0 Å². The average molecular weight is 542 g/mol. The second-order valence-electron chi connectivity index (χ2n) is 9.55. The Labute approximate surface area is 227 Å². The van der Waals surface area contributed by atoms with Gasteiger partial charge in [0.15, 0.2) is 17.3 Å². The first-order chi connectivity index (χ1) is 18.3. The molecule has 0 radical (unpaired) electrons. The number of hydrogen-bond donors (Lipinski definition) is 1. The quantitative estimate of drug-likeness (QED) is 0.328. The fourth-order valence-electron chi connectivity index (χ4n) is 5.13. The molecule has 38 heavy (non-hydrogen) atoms. The number of carbonyl (C=O) groups is 2. The third-order valence-electron chi connectivity index (χ3n) is 6.78. The van der Waals surface area contributed by atoms with Crippen LogP contribution in [0.2, 0.25) is 0 Å². The molecule has 1 aromatic carbocycles. The zero-order chi connectivity index (χ0) is 27.4. The van der Waals surface area contributed by atoms with Gasteiger partial charge in [-0.3, -0.25) is 4.79 Å². The third-order valence-corrected chi connectivity index (χ3v) is 7.82. The van der Waals surface area contributed by atoms with Gasteiger partial charge in [-0.2, -0.15) is 0 Å². The third kappa shape index (κ3) is 5.59. The first kappa shape index (κ1) is 27.7. The van der Waals surface area contributed by atoms with E-state index in [4.69, 9.17) is 23.7 Å². The standard InChI is InChI=1S/C29H35NO7S/c1-16(2)36-9-10-37-29(32)25-17(3)30-20-12-18(24-8-7-11-38-24)13-21(31)27(20)26(25)19-14-22(33-4)28(35-6)23(15-19)34-5/h7-8,11,14-16,18,26,30H,9-10,12-13H2,1-6H3/t18-,26-/m1/s1. The van der Waals surface area contributed by atoms with Crippen molar-refractivity contribution in [2.45, 2.75) is 51.6 Å². The Bertz CT molecular complexity index is 1220. The van der Waals surface area contributed by atoms with E-state index in [1.807, 2.05) is 32.2 Å². The van der Waals surface area contributed by atoms with Crippen LogP contribution in [0.3, 0.4) is 0 Å². The summed E-state index contributed by atoms with van der Waals surface area (Å²) in [7, 11) is 4.61. The molecule has 1 aliphatic carbocycles. The van der Waals surface area contributed by atoms with Crippen molar-refractivity contribution >= 4 is 23.1 Å². The summed E-state index contributed by atoms with van der Waals surface area (Å²) in [5.74, 6) is 0.248. The van der Waals surface area contributed by atoms with Crippen LogP contribution in [0.1, 0.15) is 55.9 Å². The van der Waals surface area contributed by atoms with Gasteiger partial charge in [0.05, 0.1) is 39.6 Å². The van der Waals surface area contributed by atoms with Crippen molar-refractivity contribution in [3.63, 3.8) is 0 Å². The lowest BCUT2D eigenvalue weighted by molar-refractivity contribution is -0.141. The highest BCUT2D eigenvalue weighted by molar-refractivity contribution is 7.10. The fourth-order valence-corrected chi connectivity index (χ4v) is 5.96. The average Bonchev–Trinajstić information content (AvgIpc) is 3.44. The van der Waals surface area contributed by atoms with Crippen molar-refractivity contribution in [3.05, 3.63) is 62.6 Å². The largest absolute Gasteiger partial charge is 0.493 e. The zero-order valence-electron chi connectivity index (χ0n) is 22.7. The van der Waals surface area contributed by atoms with Gasteiger partial charge in [-0.25, -0.2) is 4.79 Å². The molecule has 8 nitrogen and oxygen atoms in total. The number of ether oxygens (including phenoxy) is 5. The summed E-state index contributed by atoms with van der Waals surface area (Å²) in [6, 6.07) is 7.66. The van der Waals surface area contributed by atoms with Crippen LogP contribution in [0, 0.1) is 0 Å². The smallest absolute Gasteiger partial charge is 0.336 e. The molecule has 4 rings (SSSR count). The number of dihydropyridines is 1. The normalized spacial score (nSPS) is 19.3. The van der Waals surface area contributed by atoms with Crippen LogP contribution >= 0.6 is 11.3 Å². The Balaban J connectivity index is 1.79. The Morgan fingerprint density at radius 3 is 2.37 bits per heavy atom. The number of Topliss-reactive ketones (excluding diaryl/α,β-unsaturated/α-hetero) is 1. The minimum absolute atomic E-state index is 0.00292. The zero-order valence-corrected chi connectivity index (χ0v) is 23.5. The van der Waals surface area contributed by atoms with Crippen molar-refractivity contribution in [3.8, 4) is 17.2 Å². The predicted octanol–water partition coefficient (Wildman–Crippen LogP) is 5.10. The topological polar surface area (TPSA) is 92.3 Å². The lowest BCUT2D eigenvalue weighted by atomic mass is 9.72. The van der Waals surface area contributed by atoms with E-state index in [1.165, 1.54) is 26.2 Å². The Kier molecular flexibility index (Phi) is 8.79. The molecule has 9 heteroatoms. The summed E-state index contributed by atoms with van der Waals surface area (Å²) in [4.78, 5) is 28.5. The van der Waals surface area contributed by atoms with Gasteiger partial charge in [-0.1, -0.05) is 6.07 Å². The summed E-state index contributed by atoms with van der Waals surface area (Å²) < 4.78 is 27.9. The number of rotatable bonds is 10. The van der Waals surface area contributed by atoms with E-state index in [0.717, 1.165) is 5.70 Å². The molecular formula is C29H35NO7S. The van der Waals surface area contributed by atoms with Gasteiger partial charge in [0.1, 0.15) is 6.61 Å². The van der Waals surface area contributed by atoms with Crippen molar-refractivity contribution < 1.29 is 33.3 Å². The lowest BCUT2D eigenvalue weighted by Crippen LogP contribution is -2.36. The maximum absolute atomic E-state index is 13.8. The van der Waals surface area contributed by atoms with Gasteiger partial charge in [0.25, 0.3) is 0 Å². The number of hydrogen-bond acceptors (Lipinski definition) is 9. The van der Waals surface area contributed by atoms with E-state index in [0.29, 0.717) is 52.5 Å². The maximum atomic E-state index is 13.8. The monoisotopic (exact) mass is 541 g/mol. The number of carbonyl (C=O) groups excluding carboxylic acids is 2. The first-order valence-corrected chi connectivity index (χ1v) is 13.5. The van der Waals surface area contributed by atoms with Crippen molar-refractivity contribution in [1.29, 1.82) is 0 Å². The molecule has 0 fully saturated rings. The highest BCUT2D eigenvalue weighted by Gasteiger charge is 2.42. The number of esters is 1. The molecule has 0 saturated carbocycles. The number of ketones is 1. The Hall–Kier alpha value is -3.30. The Morgan fingerprint density at radius 2 is 1.79 bits per heavy atom. The van der Waals surface area contributed by atoms with E-state index < -0.39 is 11.9 Å². The van der Waals surface area contributed by atoms with E-state index >= 15 is 0 Å². The van der Waals surface area contributed by atoms with E-state index in [-0.39, 0.29) is 31.0 Å². The molecule has 2 aliphatic rings.